The summed E-state index contributed by atoms with van der Waals surface area (Å²) in [4.78, 5) is 0. The lowest BCUT2D eigenvalue weighted by atomic mass is 9.87. The van der Waals surface area contributed by atoms with Crippen LogP contribution in [0.3, 0.4) is 0 Å². The van der Waals surface area contributed by atoms with Gasteiger partial charge in [-0.3, -0.25) is 0 Å². The van der Waals surface area contributed by atoms with Gasteiger partial charge in [0.1, 0.15) is 5.75 Å². The molecule has 0 aliphatic carbocycles. The van der Waals surface area contributed by atoms with Gasteiger partial charge in [0.2, 0.25) is 0 Å². The Morgan fingerprint density at radius 2 is 1.88 bits per heavy atom. The molecular weight excluding hydrogens is 202 g/mol. The van der Waals surface area contributed by atoms with Crippen molar-refractivity contribution in [1.29, 1.82) is 0 Å². The van der Waals surface area contributed by atoms with Crippen molar-refractivity contribution in [3.63, 3.8) is 0 Å². The Bertz CT molecular complexity index is 331. The van der Waals surface area contributed by atoms with E-state index in [1.165, 1.54) is 0 Å². The van der Waals surface area contributed by atoms with Crippen LogP contribution in [-0.2, 0) is 6.54 Å². The van der Waals surface area contributed by atoms with Gasteiger partial charge < -0.3 is 15.5 Å². The fourth-order valence-corrected chi connectivity index (χ4v) is 1.54. The minimum Gasteiger partial charge on any atom is -0.508 e. The van der Waals surface area contributed by atoms with E-state index >= 15 is 0 Å². The van der Waals surface area contributed by atoms with E-state index in [1.807, 2.05) is 12.1 Å². The van der Waals surface area contributed by atoms with E-state index in [0.717, 1.165) is 5.56 Å². The minimum absolute atomic E-state index is 0.000844. The fraction of sp³-hybridized carbons (Fsp3) is 0.538. The summed E-state index contributed by atoms with van der Waals surface area (Å²) in [6.07, 6.45) is 0. The maximum absolute atomic E-state index is 9.60. The molecule has 0 radical (unpaired) electrons. The molecule has 0 aliphatic heterocycles. The summed E-state index contributed by atoms with van der Waals surface area (Å²) >= 11 is 0. The van der Waals surface area contributed by atoms with Gasteiger partial charge in [-0.15, -0.1) is 0 Å². The molecule has 16 heavy (non-hydrogen) atoms. The molecule has 0 spiro atoms. The number of rotatable bonds is 4. The average Bonchev–Trinajstić information content (AvgIpc) is 2.19. The Morgan fingerprint density at radius 1 is 1.25 bits per heavy atom. The molecule has 1 unspecified atom stereocenters. The van der Waals surface area contributed by atoms with Gasteiger partial charge in [0.05, 0.1) is 6.61 Å². The van der Waals surface area contributed by atoms with Gasteiger partial charge in [-0.1, -0.05) is 39.0 Å². The number of aliphatic hydroxyl groups excluding tert-OH is 1. The second-order valence-corrected chi connectivity index (χ2v) is 5.11. The first-order valence-corrected chi connectivity index (χ1v) is 5.56. The van der Waals surface area contributed by atoms with Crippen molar-refractivity contribution in [3.8, 4) is 5.75 Å². The molecule has 0 aromatic heterocycles. The molecule has 0 heterocycles. The van der Waals surface area contributed by atoms with Gasteiger partial charge in [0.15, 0.2) is 0 Å². The molecule has 1 aromatic rings. The third-order valence-electron chi connectivity index (χ3n) is 2.76. The molecule has 0 aliphatic rings. The molecular formula is C13H21NO2. The van der Waals surface area contributed by atoms with Crippen molar-refractivity contribution in [2.45, 2.75) is 33.4 Å². The van der Waals surface area contributed by atoms with Crippen LogP contribution in [0.15, 0.2) is 24.3 Å². The second kappa shape index (κ2) is 5.32. The zero-order chi connectivity index (χ0) is 12.2. The molecule has 3 N–H and O–H groups in total. The summed E-state index contributed by atoms with van der Waals surface area (Å²) in [5, 5.41) is 22.1. The van der Waals surface area contributed by atoms with Crippen LogP contribution < -0.4 is 5.32 Å². The maximum Gasteiger partial charge on any atom is 0.120 e. The molecule has 1 aromatic carbocycles. The number of aliphatic hydroxyl groups is 1. The van der Waals surface area contributed by atoms with Crippen molar-refractivity contribution >= 4 is 0 Å². The summed E-state index contributed by atoms with van der Waals surface area (Å²) < 4.78 is 0. The SMILES string of the molecule is CC(C)(C)C(CO)NCc1ccccc1O. The number of hydrogen-bond acceptors (Lipinski definition) is 3. The number of aromatic hydroxyl groups is 1. The highest BCUT2D eigenvalue weighted by molar-refractivity contribution is 5.31. The van der Waals surface area contributed by atoms with Crippen LogP contribution in [-0.4, -0.2) is 22.9 Å². The van der Waals surface area contributed by atoms with E-state index in [4.69, 9.17) is 0 Å². The Morgan fingerprint density at radius 3 is 2.38 bits per heavy atom. The molecule has 0 amide bonds. The molecule has 1 rings (SSSR count). The topological polar surface area (TPSA) is 52.5 Å². The first-order chi connectivity index (χ1) is 7.45. The number of phenolic OH excluding ortho intramolecular Hbond substituents is 1. The summed E-state index contributed by atoms with van der Waals surface area (Å²) in [5.41, 5.74) is 0.851. The Labute approximate surface area is 97.1 Å². The van der Waals surface area contributed by atoms with E-state index in [9.17, 15) is 10.2 Å². The Hall–Kier alpha value is -1.06. The first-order valence-electron chi connectivity index (χ1n) is 5.56. The minimum atomic E-state index is -0.000844. The standard InChI is InChI=1S/C13H21NO2/c1-13(2,3)12(9-15)14-8-10-6-4-5-7-11(10)16/h4-7,12,14-16H,8-9H2,1-3H3. The van der Waals surface area contributed by atoms with Crippen LogP contribution in [0.25, 0.3) is 0 Å². The number of benzene rings is 1. The zero-order valence-electron chi connectivity index (χ0n) is 10.2. The number of hydrogen-bond donors (Lipinski definition) is 3. The number of para-hydroxylation sites is 1. The van der Waals surface area contributed by atoms with E-state index in [2.05, 4.69) is 26.1 Å². The Kier molecular flexibility index (Phi) is 4.33. The highest BCUT2D eigenvalue weighted by Gasteiger charge is 2.23. The largest absolute Gasteiger partial charge is 0.508 e. The maximum atomic E-state index is 9.60. The molecule has 3 heteroatoms. The van der Waals surface area contributed by atoms with Crippen molar-refractivity contribution in [3.05, 3.63) is 29.8 Å². The molecule has 0 saturated carbocycles. The smallest absolute Gasteiger partial charge is 0.120 e. The van der Waals surface area contributed by atoms with Crippen LogP contribution >= 0.6 is 0 Å². The van der Waals surface area contributed by atoms with Crippen LogP contribution in [0.1, 0.15) is 26.3 Å². The molecule has 90 valence electrons. The lowest BCUT2D eigenvalue weighted by Gasteiger charge is -2.30. The first kappa shape index (κ1) is 13.0. The quantitative estimate of drug-likeness (QED) is 0.730. The van der Waals surface area contributed by atoms with Crippen molar-refractivity contribution < 1.29 is 10.2 Å². The third-order valence-corrected chi connectivity index (χ3v) is 2.76. The molecule has 3 nitrogen and oxygen atoms in total. The van der Waals surface area contributed by atoms with E-state index in [-0.39, 0.29) is 18.1 Å². The van der Waals surface area contributed by atoms with Crippen molar-refractivity contribution in [2.75, 3.05) is 6.61 Å². The van der Waals surface area contributed by atoms with Crippen LogP contribution in [0, 0.1) is 5.41 Å². The lowest BCUT2D eigenvalue weighted by molar-refractivity contribution is 0.157. The third kappa shape index (κ3) is 3.51. The lowest BCUT2D eigenvalue weighted by Crippen LogP contribution is -2.42. The number of nitrogens with one attached hydrogen (secondary N) is 1. The second-order valence-electron chi connectivity index (χ2n) is 5.11. The highest BCUT2D eigenvalue weighted by atomic mass is 16.3. The van der Waals surface area contributed by atoms with Gasteiger partial charge >= 0.3 is 0 Å². The van der Waals surface area contributed by atoms with Crippen LogP contribution in [0.5, 0.6) is 5.75 Å². The van der Waals surface area contributed by atoms with Crippen LogP contribution in [0.2, 0.25) is 0 Å². The predicted octanol–water partition coefficient (Wildman–Crippen LogP) is 1.89. The van der Waals surface area contributed by atoms with Crippen molar-refractivity contribution in [1.82, 2.24) is 5.32 Å². The average molecular weight is 223 g/mol. The predicted molar refractivity (Wildman–Crippen MR) is 65.3 cm³/mol. The summed E-state index contributed by atoms with van der Waals surface area (Å²) in [5.74, 6) is 0.292. The van der Waals surface area contributed by atoms with Crippen molar-refractivity contribution in [2.24, 2.45) is 5.41 Å². The van der Waals surface area contributed by atoms with E-state index in [1.54, 1.807) is 12.1 Å². The van der Waals surface area contributed by atoms with Gasteiger partial charge in [-0.25, -0.2) is 0 Å². The van der Waals surface area contributed by atoms with E-state index < -0.39 is 0 Å². The van der Waals surface area contributed by atoms with E-state index in [0.29, 0.717) is 12.3 Å². The summed E-state index contributed by atoms with van der Waals surface area (Å²) in [7, 11) is 0. The summed E-state index contributed by atoms with van der Waals surface area (Å²) in [6, 6.07) is 7.25. The molecule has 0 saturated heterocycles. The van der Waals surface area contributed by atoms with Gasteiger partial charge in [0, 0.05) is 18.2 Å². The molecule has 0 bridgehead atoms. The normalized spacial score (nSPS) is 13.8. The molecule has 0 fully saturated rings. The van der Waals surface area contributed by atoms with Gasteiger partial charge in [-0.05, 0) is 11.5 Å². The Balaban J connectivity index is 2.60. The highest BCUT2D eigenvalue weighted by Crippen LogP contribution is 2.20. The van der Waals surface area contributed by atoms with Crippen LogP contribution in [0.4, 0.5) is 0 Å². The monoisotopic (exact) mass is 223 g/mol. The molecule has 1 atom stereocenters. The zero-order valence-corrected chi connectivity index (χ0v) is 10.2. The summed E-state index contributed by atoms with van der Waals surface area (Å²) in [6.45, 7) is 6.88. The van der Waals surface area contributed by atoms with Gasteiger partial charge in [-0.2, -0.15) is 0 Å². The number of phenols is 1. The fourth-order valence-electron chi connectivity index (χ4n) is 1.54. The van der Waals surface area contributed by atoms with Gasteiger partial charge in [0.25, 0.3) is 0 Å².